The number of rotatable bonds is 1. The Morgan fingerprint density at radius 1 is 1.73 bits per heavy atom. The van der Waals surface area contributed by atoms with Crippen LogP contribution in [-0.2, 0) is 9.59 Å². The molecule has 1 aliphatic rings. The number of carbonyl (C=O) groups excluding carboxylic acids is 2. The van der Waals surface area contributed by atoms with Crippen LogP contribution in [0.1, 0.15) is 26.2 Å². The fourth-order valence-electron chi connectivity index (χ4n) is 1.44. The molecule has 1 aliphatic carbocycles. The first-order valence-corrected chi connectivity index (χ1v) is 3.59. The summed E-state index contributed by atoms with van der Waals surface area (Å²) < 4.78 is 0. The van der Waals surface area contributed by atoms with Crippen LogP contribution in [0.4, 0.5) is 0 Å². The Morgan fingerprint density at radius 2 is 2.36 bits per heavy atom. The summed E-state index contributed by atoms with van der Waals surface area (Å²) in [5.41, 5.74) is -1.28. The SMILES string of the molecule is CC(=O)C1(C#N)CCCC1=O. The van der Waals surface area contributed by atoms with Crippen LogP contribution in [0, 0.1) is 16.7 Å². The summed E-state index contributed by atoms with van der Waals surface area (Å²) in [7, 11) is 0. The standard InChI is InChI=1S/C8H9NO2/c1-6(10)8(5-9)4-2-3-7(8)11/h2-4H2,1H3. The maximum absolute atomic E-state index is 11.1. The lowest BCUT2D eigenvalue weighted by molar-refractivity contribution is -0.133. The van der Waals surface area contributed by atoms with E-state index in [1.165, 1.54) is 6.92 Å². The third-order valence-electron chi connectivity index (χ3n) is 2.22. The van der Waals surface area contributed by atoms with Gasteiger partial charge in [0.05, 0.1) is 6.07 Å². The van der Waals surface area contributed by atoms with Crippen LogP contribution in [0.15, 0.2) is 0 Å². The van der Waals surface area contributed by atoms with Crippen LogP contribution >= 0.6 is 0 Å². The fourth-order valence-corrected chi connectivity index (χ4v) is 1.44. The average molecular weight is 151 g/mol. The van der Waals surface area contributed by atoms with Crippen molar-refractivity contribution in [1.82, 2.24) is 0 Å². The Bertz CT molecular complexity index is 251. The summed E-state index contributed by atoms with van der Waals surface area (Å²) in [6.07, 6.45) is 1.47. The Kier molecular flexibility index (Phi) is 1.77. The molecule has 1 rings (SSSR count). The maximum Gasteiger partial charge on any atom is 0.173 e. The second-order valence-corrected chi connectivity index (χ2v) is 2.85. The Hall–Kier alpha value is -1.17. The molecule has 0 N–H and O–H groups in total. The number of Topliss-reactive ketones (excluding diaryl/α,β-unsaturated/α-hetero) is 2. The Balaban J connectivity index is 3.03. The van der Waals surface area contributed by atoms with Crippen molar-refractivity contribution in [2.24, 2.45) is 5.41 Å². The highest BCUT2D eigenvalue weighted by atomic mass is 16.2. The predicted octanol–water partition coefficient (Wildman–Crippen LogP) is 0.838. The van der Waals surface area contributed by atoms with Gasteiger partial charge in [0.25, 0.3) is 0 Å². The molecule has 58 valence electrons. The molecule has 0 heterocycles. The van der Waals surface area contributed by atoms with E-state index in [0.29, 0.717) is 19.3 Å². The zero-order chi connectivity index (χ0) is 8.48. The van der Waals surface area contributed by atoms with Crippen LogP contribution in [0.25, 0.3) is 0 Å². The Morgan fingerprint density at radius 3 is 2.55 bits per heavy atom. The van der Waals surface area contributed by atoms with Crippen molar-refractivity contribution in [2.75, 3.05) is 0 Å². The average Bonchev–Trinajstić information content (AvgIpc) is 2.32. The van der Waals surface area contributed by atoms with Crippen LogP contribution in [0.2, 0.25) is 0 Å². The first-order valence-electron chi connectivity index (χ1n) is 3.59. The van der Waals surface area contributed by atoms with Crippen molar-refractivity contribution < 1.29 is 9.59 Å². The lowest BCUT2D eigenvalue weighted by Crippen LogP contribution is -2.31. The second-order valence-electron chi connectivity index (χ2n) is 2.85. The highest BCUT2D eigenvalue weighted by molar-refractivity contribution is 6.10. The van der Waals surface area contributed by atoms with E-state index in [-0.39, 0.29) is 11.6 Å². The van der Waals surface area contributed by atoms with E-state index in [9.17, 15) is 9.59 Å². The van der Waals surface area contributed by atoms with Gasteiger partial charge in [-0.2, -0.15) is 5.26 Å². The van der Waals surface area contributed by atoms with Crippen LogP contribution in [0.5, 0.6) is 0 Å². The molecule has 0 radical (unpaired) electrons. The molecule has 3 nitrogen and oxygen atoms in total. The zero-order valence-electron chi connectivity index (χ0n) is 6.39. The van der Waals surface area contributed by atoms with Crippen molar-refractivity contribution in [2.45, 2.75) is 26.2 Å². The first kappa shape index (κ1) is 7.93. The summed E-state index contributed by atoms with van der Waals surface area (Å²) in [6.45, 7) is 1.31. The molecule has 0 aromatic rings. The van der Waals surface area contributed by atoms with Crippen molar-refractivity contribution in [3.8, 4) is 6.07 Å². The quantitative estimate of drug-likeness (QED) is 0.522. The summed E-state index contributed by atoms with van der Waals surface area (Å²) in [4.78, 5) is 22.1. The van der Waals surface area contributed by atoms with E-state index >= 15 is 0 Å². The van der Waals surface area contributed by atoms with Gasteiger partial charge in [-0.25, -0.2) is 0 Å². The molecule has 1 unspecified atom stereocenters. The normalized spacial score (nSPS) is 30.0. The van der Waals surface area contributed by atoms with Gasteiger partial charge >= 0.3 is 0 Å². The van der Waals surface area contributed by atoms with Gasteiger partial charge in [-0.1, -0.05) is 0 Å². The highest BCUT2D eigenvalue weighted by Gasteiger charge is 2.46. The van der Waals surface area contributed by atoms with Crippen molar-refractivity contribution in [3.05, 3.63) is 0 Å². The monoisotopic (exact) mass is 151 g/mol. The number of hydrogen-bond donors (Lipinski definition) is 0. The molecule has 0 saturated heterocycles. The Labute approximate surface area is 65.0 Å². The van der Waals surface area contributed by atoms with Crippen molar-refractivity contribution in [3.63, 3.8) is 0 Å². The van der Waals surface area contributed by atoms with Crippen LogP contribution in [0.3, 0.4) is 0 Å². The molecular formula is C8H9NO2. The van der Waals surface area contributed by atoms with Crippen molar-refractivity contribution in [1.29, 1.82) is 5.26 Å². The lowest BCUT2D eigenvalue weighted by Gasteiger charge is -2.12. The summed E-state index contributed by atoms with van der Waals surface area (Å²) in [5.74, 6) is -0.505. The van der Waals surface area contributed by atoms with E-state index in [0.717, 1.165) is 0 Å². The number of hydrogen-bond acceptors (Lipinski definition) is 3. The molecule has 11 heavy (non-hydrogen) atoms. The van der Waals surface area contributed by atoms with Gasteiger partial charge in [-0.3, -0.25) is 9.59 Å². The molecule has 0 amide bonds. The number of ketones is 2. The van der Waals surface area contributed by atoms with Crippen molar-refractivity contribution >= 4 is 11.6 Å². The number of nitrogens with zero attached hydrogens (tertiary/aromatic N) is 1. The zero-order valence-corrected chi connectivity index (χ0v) is 6.39. The largest absolute Gasteiger partial charge is 0.298 e. The van der Waals surface area contributed by atoms with E-state index in [4.69, 9.17) is 5.26 Å². The molecule has 0 bridgehead atoms. The molecule has 0 aromatic heterocycles. The van der Waals surface area contributed by atoms with Gasteiger partial charge in [0.15, 0.2) is 17.0 Å². The molecule has 1 saturated carbocycles. The van der Waals surface area contributed by atoms with E-state index in [2.05, 4.69) is 0 Å². The predicted molar refractivity (Wildman–Crippen MR) is 37.6 cm³/mol. The minimum Gasteiger partial charge on any atom is -0.298 e. The third-order valence-corrected chi connectivity index (χ3v) is 2.22. The molecule has 1 fully saturated rings. The summed E-state index contributed by atoms with van der Waals surface area (Å²) in [6, 6.07) is 1.83. The minimum absolute atomic E-state index is 0.201. The lowest BCUT2D eigenvalue weighted by atomic mass is 9.83. The number of carbonyl (C=O) groups is 2. The molecule has 0 aliphatic heterocycles. The van der Waals surface area contributed by atoms with E-state index in [1.54, 1.807) is 0 Å². The molecule has 0 spiro atoms. The summed E-state index contributed by atoms with van der Waals surface area (Å²) in [5, 5.41) is 8.67. The van der Waals surface area contributed by atoms with Gasteiger partial charge in [-0.15, -0.1) is 0 Å². The molecule has 1 atom stereocenters. The molecule has 0 aromatic carbocycles. The van der Waals surface area contributed by atoms with E-state index < -0.39 is 5.41 Å². The van der Waals surface area contributed by atoms with Crippen LogP contribution < -0.4 is 0 Å². The van der Waals surface area contributed by atoms with E-state index in [1.807, 2.05) is 6.07 Å². The van der Waals surface area contributed by atoms with Gasteiger partial charge in [0, 0.05) is 6.42 Å². The van der Waals surface area contributed by atoms with Gasteiger partial charge in [0.1, 0.15) is 0 Å². The smallest absolute Gasteiger partial charge is 0.173 e. The molecule has 3 heteroatoms. The van der Waals surface area contributed by atoms with Gasteiger partial charge in [-0.05, 0) is 19.8 Å². The van der Waals surface area contributed by atoms with Gasteiger partial charge < -0.3 is 0 Å². The second kappa shape index (κ2) is 2.46. The third kappa shape index (κ3) is 0.949. The summed E-state index contributed by atoms with van der Waals surface area (Å²) >= 11 is 0. The first-order chi connectivity index (χ1) is 5.13. The van der Waals surface area contributed by atoms with Crippen LogP contribution in [-0.4, -0.2) is 11.6 Å². The fraction of sp³-hybridized carbons (Fsp3) is 0.625. The number of nitriles is 1. The van der Waals surface area contributed by atoms with Gasteiger partial charge in [0.2, 0.25) is 0 Å². The highest BCUT2D eigenvalue weighted by Crippen LogP contribution is 2.34. The maximum atomic E-state index is 11.1. The topological polar surface area (TPSA) is 57.9 Å². The minimum atomic E-state index is -1.28. The molecular weight excluding hydrogens is 142 g/mol.